The summed E-state index contributed by atoms with van der Waals surface area (Å²) in [5.74, 6) is 9.75. The molecule has 2 aliphatic carbocycles. The van der Waals surface area contributed by atoms with Crippen LogP contribution in [0.4, 0.5) is 0 Å². The van der Waals surface area contributed by atoms with Crippen molar-refractivity contribution in [3.63, 3.8) is 0 Å². The van der Waals surface area contributed by atoms with Crippen LogP contribution in [0.25, 0.3) is 0 Å². The largest absolute Gasteiger partial charge is 0.339 e. The Labute approximate surface area is 155 Å². The Morgan fingerprint density at radius 1 is 0.760 bits per heavy atom. The average molecular weight is 347 g/mol. The molecule has 0 aromatic carbocycles. The maximum atomic E-state index is 6.32. The highest BCUT2D eigenvalue weighted by molar-refractivity contribution is 5.10. The Bertz CT molecular complexity index is 450. The molecule has 3 fully saturated rings. The summed E-state index contributed by atoms with van der Waals surface area (Å²) in [4.78, 5) is 0. The van der Waals surface area contributed by atoms with E-state index < -0.39 is 5.79 Å². The van der Waals surface area contributed by atoms with Gasteiger partial charge in [0.2, 0.25) is 5.79 Å². The Kier molecular flexibility index (Phi) is 6.86. The molecule has 0 amide bonds. The van der Waals surface area contributed by atoms with Gasteiger partial charge in [0, 0.05) is 12.3 Å². The van der Waals surface area contributed by atoms with Crippen molar-refractivity contribution >= 4 is 0 Å². The molecular formula is C23H38O2. The molecule has 0 spiro atoms. The van der Waals surface area contributed by atoms with Crippen molar-refractivity contribution < 1.29 is 9.47 Å². The fourth-order valence-electron chi connectivity index (χ4n) is 5.11. The van der Waals surface area contributed by atoms with E-state index in [9.17, 15) is 0 Å². The van der Waals surface area contributed by atoms with E-state index in [0.29, 0.717) is 11.8 Å². The molecule has 1 heterocycles. The number of hydrogen-bond donors (Lipinski definition) is 0. The lowest BCUT2D eigenvalue weighted by Crippen LogP contribution is -2.45. The lowest BCUT2D eigenvalue weighted by Gasteiger charge is -2.41. The molecule has 1 aliphatic heterocycles. The predicted octanol–water partition coefficient (Wildman–Crippen LogP) is 5.80. The first-order valence-electron chi connectivity index (χ1n) is 10.8. The van der Waals surface area contributed by atoms with Crippen molar-refractivity contribution in [2.24, 2.45) is 29.6 Å². The third kappa shape index (κ3) is 5.48. The standard InChI is InChI=1S/C23H38O2/c1-4-13-23(15-21-11-7-19(3)8-12-21)24-16-22(17-25-23)14-20-9-5-18(2)6-10-20/h18-22H,5-12,14-17H2,1-3H3. The van der Waals surface area contributed by atoms with Gasteiger partial charge >= 0.3 is 0 Å². The van der Waals surface area contributed by atoms with Crippen molar-refractivity contribution in [2.45, 2.75) is 90.8 Å². The number of ether oxygens (including phenoxy) is 2. The fraction of sp³-hybridized carbons (Fsp3) is 0.913. The topological polar surface area (TPSA) is 18.5 Å². The van der Waals surface area contributed by atoms with Gasteiger partial charge in [-0.25, -0.2) is 0 Å². The first-order chi connectivity index (χ1) is 12.1. The lowest BCUT2D eigenvalue weighted by molar-refractivity contribution is -0.258. The van der Waals surface area contributed by atoms with Gasteiger partial charge in [0.1, 0.15) is 0 Å². The second kappa shape index (κ2) is 8.92. The van der Waals surface area contributed by atoms with E-state index in [2.05, 4.69) is 25.7 Å². The minimum atomic E-state index is -0.614. The molecule has 0 bridgehead atoms. The molecule has 0 N–H and O–H groups in total. The van der Waals surface area contributed by atoms with Crippen LogP contribution >= 0.6 is 0 Å². The van der Waals surface area contributed by atoms with Gasteiger partial charge in [0.25, 0.3) is 0 Å². The minimum absolute atomic E-state index is 0.566. The Hall–Kier alpha value is -0.520. The molecule has 1 saturated heterocycles. The zero-order valence-corrected chi connectivity index (χ0v) is 16.7. The van der Waals surface area contributed by atoms with Gasteiger partial charge in [-0.2, -0.15) is 0 Å². The van der Waals surface area contributed by atoms with Gasteiger partial charge in [-0.1, -0.05) is 52.4 Å². The quantitative estimate of drug-likeness (QED) is 0.599. The van der Waals surface area contributed by atoms with Gasteiger partial charge in [-0.3, -0.25) is 0 Å². The molecule has 0 aromatic heterocycles. The molecule has 25 heavy (non-hydrogen) atoms. The molecule has 0 radical (unpaired) electrons. The summed E-state index contributed by atoms with van der Waals surface area (Å²) in [5, 5.41) is 0. The van der Waals surface area contributed by atoms with Gasteiger partial charge in [-0.15, -0.1) is 5.92 Å². The average Bonchev–Trinajstić information content (AvgIpc) is 2.61. The molecule has 2 nitrogen and oxygen atoms in total. The van der Waals surface area contributed by atoms with Crippen molar-refractivity contribution in [3.8, 4) is 11.8 Å². The Morgan fingerprint density at radius 2 is 1.28 bits per heavy atom. The highest BCUT2D eigenvalue weighted by Crippen LogP contribution is 2.39. The van der Waals surface area contributed by atoms with Crippen LogP contribution in [0.3, 0.4) is 0 Å². The highest BCUT2D eigenvalue weighted by atomic mass is 16.7. The predicted molar refractivity (Wildman–Crippen MR) is 103 cm³/mol. The van der Waals surface area contributed by atoms with E-state index in [4.69, 9.17) is 9.47 Å². The number of hydrogen-bond acceptors (Lipinski definition) is 2. The molecule has 3 aliphatic rings. The lowest BCUT2D eigenvalue weighted by atomic mass is 9.78. The zero-order valence-electron chi connectivity index (χ0n) is 16.7. The monoisotopic (exact) mass is 346 g/mol. The van der Waals surface area contributed by atoms with Crippen LogP contribution < -0.4 is 0 Å². The maximum absolute atomic E-state index is 6.32. The van der Waals surface area contributed by atoms with Gasteiger partial charge in [-0.05, 0) is 55.8 Å². The third-order valence-electron chi connectivity index (χ3n) is 6.91. The SMILES string of the molecule is CC#CC1(CC2CCC(C)CC2)OCC(CC2CCC(C)CC2)CO1. The first kappa shape index (κ1) is 19.2. The fourth-order valence-corrected chi connectivity index (χ4v) is 5.11. The maximum Gasteiger partial charge on any atom is 0.233 e. The Balaban J connectivity index is 1.49. The van der Waals surface area contributed by atoms with Crippen LogP contribution in [0.5, 0.6) is 0 Å². The van der Waals surface area contributed by atoms with Crippen LogP contribution in [0.1, 0.15) is 85.0 Å². The highest BCUT2D eigenvalue weighted by Gasteiger charge is 2.39. The van der Waals surface area contributed by atoms with E-state index in [1.807, 2.05) is 6.92 Å². The molecular weight excluding hydrogens is 308 g/mol. The van der Waals surface area contributed by atoms with Crippen molar-refractivity contribution in [1.29, 1.82) is 0 Å². The summed E-state index contributed by atoms with van der Waals surface area (Å²) in [6.07, 6.45) is 13.2. The van der Waals surface area contributed by atoms with Crippen molar-refractivity contribution in [2.75, 3.05) is 13.2 Å². The molecule has 0 atom stereocenters. The molecule has 0 aromatic rings. The van der Waals surface area contributed by atoms with Gasteiger partial charge < -0.3 is 9.47 Å². The smallest absolute Gasteiger partial charge is 0.233 e. The van der Waals surface area contributed by atoms with Gasteiger partial charge in [0.15, 0.2) is 0 Å². The summed E-state index contributed by atoms with van der Waals surface area (Å²) < 4.78 is 12.6. The summed E-state index contributed by atoms with van der Waals surface area (Å²) in [6, 6.07) is 0. The zero-order chi connectivity index (χ0) is 17.7. The van der Waals surface area contributed by atoms with E-state index in [-0.39, 0.29) is 0 Å². The Morgan fingerprint density at radius 3 is 1.80 bits per heavy atom. The third-order valence-corrected chi connectivity index (χ3v) is 6.91. The van der Waals surface area contributed by atoms with E-state index in [1.54, 1.807) is 0 Å². The first-order valence-corrected chi connectivity index (χ1v) is 10.8. The molecule has 2 heteroatoms. The van der Waals surface area contributed by atoms with Crippen LogP contribution in [-0.2, 0) is 9.47 Å². The van der Waals surface area contributed by atoms with Crippen molar-refractivity contribution in [3.05, 3.63) is 0 Å². The summed E-state index contributed by atoms with van der Waals surface area (Å²) in [5.41, 5.74) is 0. The van der Waals surface area contributed by atoms with E-state index in [1.165, 1.54) is 57.8 Å². The second-order valence-corrected chi connectivity index (χ2v) is 9.31. The molecule has 142 valence electrons. The van der Waals surface area contributed by atoms with Crippen LogP contribution in [-0.4, -0.2) is 19.0 Å². The van der Waals surface area contributed by atoms with Crippen LogP contribution in [0.2, 0.25) is 0 Å². The van der Waals surface area contributed by atoms with Gasteiger partial charge in [0.05, 0.1) is 13.2 Å². The number of rotatable bonds is 4. The van der Waals surface area contributed by atoms with E-state index in [0.717, 1.165) is 37.4 Å². The molecule has 2 saturated carbocycles. The molecule has 0 unspecified atom stereocenters. The van der Waals surface area contributed by atoms with Crippen LogP contribution in [0.15, 0.2) is 0 Å². The minimum Gasteiger partial charge on any atom is -0.339 e. The van der Waals surface area contributed by atoms with Crippen molar-refractivity contribution in [1.82, 2.24) is 0 Å². The summed E-state index contributed by atoms with van der Waals surface area (Å²) in [7, 11) is 0. The van der Waals surface area contributed by atoms with Crippen LogP contribution in [0, 0.1) is 41.4 Å². The summed E-state index contributed by atoms with van der Waals surface area (Å²) >= 11 is 0. The van der Waals surface area contributed by atoms with E-state index >= 15 is 0 Å². The second-order valence-electron chi connectivity index (χ2n) is 9.31. The normalized spacial score (nSPS) is 42.4. The summed E-state index contributed by atoms with van der Waals surface area (Å²) in [6.45, 7) is 8.36. The molecule has 3 rings (SSSR count).